The van der Waals surface area contributed by atoms with Crippen LogP contribution in [0.25, 0.3) is 0 Å². The highest BCUT2D eigenvalue weighted by Crippen LogP contribution is 2.31. The Kier molecular flexibility index (Phi) is 1.85. The Morgan fingerprint density at radius 2 is 2.33 bits per heavy atom. The van der Waals surface area contributed by atoms with Crippen LogP contribution in [0.2, 0.25) is 0 Å². The van der Waals surface area contributed by atoms with Gasteiger partial charge in [-0.05, 0) is 6.92 Å². The highest BCUT2D eigenvalue weighted by atomic mass is 16.7. The van der Waals surface area contributed by atoms with Crippen LogP contribution in [-0.4, -0.2) is 25.1 Å². The fourth-order valence-corrected chi connectivity index (χ4v) is 1.55. The van der Waals surface area contributed by atoms with E-state index >= 15 is 0 Å². The molecule has 3 heteroatoms. The van der Waals surface area contributed by atoms with Crippen LogP contribution in [0.1, 0.15) is 19.8 Å². The molecule has 2 heterocycles. The van der Waals surface area contributed by atoms with Gasteiger partial charge in [-0.15, -0.1) is 0 Å². The zero-order valence-corrected chi connectivity index (χ0v) is 7.34. The van der Waals surface area contributed by atoms with Crippen molar-refractivity contribution in [2.24, 2.45) is 0 Å². The summed E-state index contributed by atoms with van der Waals surface area (Å²) in [5, 5.41) is 0. The van der Waals surface area contributed by atoms with Crippen molar-refractivity contribution in [3.63, 3.8) is 0 Å². The zero-order chi connectivity index (χ0) is 8.60. The summed E-state index contributed by atoms with van der Waals surface area (Å²) >= 11 is 0. The van der Waals surface area contributed by atoms with E-state index in [1.807, 2.05) is 6.92 Å². The summed E-state index contributed by atoms with van der Waals surface area (Å²) in [7, 11) is 0. The molecule has 2 rings (SSSR count). The number of hydrogen-bond acceptors (Lipinski definition) is 3. The van der Waals surface area contributed by atoms with Gasteiger partial charge in [-0.25, -0.2) is 0 Å². The molecule has 0 N–H and O–H groups in total. The molecule has 0 amide bonds. The average Bonchev–Trinajstić information content (AvgIpc) is 2.41. The van der Waals surface area contributed by atoms with Crippen LogP contribution < -0.4 is 0 Å². The summed E-state index contributed by atoms with van der Waals surface area (Å²) in [5.74, 6) is 0.456. The molecule has 3 nitrogen and oxygen atoms in total. The van der Waals surface area contributed by atoms with Gasteiger partial charge < -0.3 is 14.2 Å². The van der Waals surface area contributed by atoms with Crippen LogP contribution in [0, 0.1) is 0 Å². The van der Waals surface area contributed by atoms with Gasteiger partial charge in [0.15, 0.2) is 5.79 Å². The molecule has 2 aliphatic rings. The van der Waals surface area contributed by atoms with Gasteiger partial charge in [0.05, 0.1) is 12.4 Å². The van der Waals surface area contributed by atoms with E-state index in [-0.39, 0.29) is 6.10 Å². The largest absolute Gasteiger partial charge is 0.496 e. The molecular weight excluding hydrogens is 156 g/mol. The Morgan fingerprint density at radius 1 is 1.50 bits per heavy atom. The van der Waals surface area contributed by atoms with Crippen LogP contribution in [0.15, 0.2) is 12.3 Å². The molecule has 2 bridgehead atoms. The SMILES string of the molecule is C=C1CCC2(C)OCC(CO1)O2. The first-order chi connectivity index (χ1) is 5.68. The van der Waals surface area contributed by atoms with Gasteiger partial charge in [-0.3, -0.25) is 0 Å². The monoisotopic (exact) mass is 170 g/mol. The van der Waals surface area contributed by atoms with E-state index in [0.29, 0.717) is 13.2 Å². The van der Waals surface area contributed by atoms with Gasteiger partial charge in [-0.1, -0.05) is 6.58 Å². The predicted molar refractivity (Wildman–Crippen MR) is 43.6 cm³/mol. The lowest BCUT2D eigenvalue weighted by atomic mass is 10.1. The van der Waals surface area contributed by atoms with Crippen LogP contribution in [-0.2, 0) is 14.2 Å². The standard InChI is InChI=1S/C9H14O3/c1-7-3-4-9(2)11-6-8(12-9)5-10-7/h8H,1,3-6H2,2H3. The van der Waals surface area contributed by atoms with E-state index in [2.05, 4.69) is 6.58 Å². The molecular formula is C9H14O3. The van der Waals surface area contributed by atoms with Crippen molar-refractivity contribution in [3.8, 4) is 0 Å². The second kappa shape index (κ2) is 2.75. The van der Waals surface area contributed by atoms with Gasteiger partial charge in [0.25, 0.3) is 0 Å². The number of hydrogen-bond donors (Lipinski definition) is 0. The minimum atomic E-state index is -0.391. The number of allylic oxidation sites excluding steroid dienone is 1. The van der Waals surface area contributed by atoms with Gasteiger partial charge >= 0.3 is 0 Å². The molecule has 68 valence electrons. The van der Waals surface area contributed by atoms with E-state index in [1.165, 1.54) is 0 Å². The number of rotatable bonds is 0. The number of ether oxygens (including phenoxy) is 3. The van der Waals surface area contributed by atoms with Crippen LogP contribution in [0.5, 0.6) is 0 Å². The summed E-state index contributed by atoms with van der Waals surface area (Å²) in [6.07, 6.45) is 1.75. The lowest BCUT2D eigenvalue weighted by Crippen LogP contribution is -2.30. The molecule has 0 aromatic rings. The van der Waals surface area contributed by atoms with Crippen molar-refractivity contribution in [1.82, 2.24) is 0 Å². The third kappa shape index (κ3) is 1.47. The predicted octanol–water partition coefficient (Wildman–Crippen LogP) is 1.44. The van der Waals surface area contributed by atoms with Gasteiger partial charge in [0, 0.05) is 12.8 Å². The smallest absolute Gasteiger partial charge is 0.166 e. The van der Waals surface area contributed by atoms with Crippen molar-refractivity contribution < 1.29 is 14.2 Å². The molecule has 12 heavy (non-hydrogen) atoms. The second-order valence-corrected chi connectivity index (χ2v) is 3.53. The van der Waals surface area contributed by atoms with Crippen molar-refractivity contribution in [2.75, 3.05) is 13.2 Å². The molecule has 2 atom stereocenters. The first kappa shape index (κ1) is 8.08. The molecule has 0 radical (unpaired) electrons. The first-order valence-electron chi connectivity index (χ1n) is 4.30. The summed E-state index contributed by atoms with van der Waals surface area (Å²) in [4.78, 5) is 0. The second-order valence-electron chi connectivity index (χ2n) is 3.53. The van der Waals surface area contributed by atoms with Crippen molar-refractivity contribution >= 4 is 0 Å². The van der Waals surface area contributed by atoms with Crippen LogP contribution >= 0.6 is 0 Å². The maximum atomic E-state index is 5.65. The quantitative estimate of drug-likeness (QED) is 0.550. The Morgan fingerprint density at radius 3 is 3.17 bits per heavy atom. The van der Waals surface area contributed by atoms with E-state index in [9.17, 15) is 0 Å². The Balaban J connectivity index is 2.07. The molecule has 0 aromatic carbocycles. The summed E-state index contributed by atoms with van der Waals surface area (Å²) in [6, 6.07) is 0. The van der Waals surface area contributed by atoms with E-state index in [4.69, 9.17) is 14.2 Å². The molecule has 0 aromatic heterocycles. The van der Waals surface area contributed by atoms with Gasteiger partial charge in [0.2, 0.25) is 0 Å². The molecule has 0 spiro atoms. The highest BCUT2D eigenvalue weighted by molar-refractivity contribution is 4.89. The zero-order valence-electron chi connectivity index (χ0n) is 7.34. The third-order valence-corrected chi connectivity index (χ3v) is 2.32. The van der Waals surface area contributed by atoms with Crippen molar-refractivity contribution in [3.05, 3.63) is 12.3 Å². The van der Waals surface area contributed by atoms with E-state index in [0.717, 1.165) is 18.6 Å². The van der Waals surface area contributed by atoms with E-state index in [1.54, 1.807) is 0 Å². The van der Waals surface area contributed by atoms with E-state index < -0.39 is 5.79 Å². The molecule has 2 fully saturated rings. The van der Waals surface area contributed by atoms with Gasteiger partial charge in [0.1, 0.15) is 12.7 Å². The van der Waals surface area contributed by atoms with Crippen LogP contribution in [0.4, 0.5) is 0 Å². The lowest BCUT2D eigenvalue weighted by Gasteiger charge is -2.26. The molecule has 0 aliphatic carbocycles. The third-order valence-electron chi connectivity index (χ3n) is 2.32. The summed E-state index contributed by atoms with van der Waals surface area (Å²) in [5.41, 5.74) is 0. The molecule has 2 aliphatic heterocycles. The van der Waals surface area contributed by atoms with Crippen molar-refractivity contribution in [1.29, 1.82) is 0 Å². The minimum absolute atomic E-state index is 0.0899. The van der Waals surface area contributed by atoms with Crippen molar-refractivity contribution in [2.45, 2.75) is 31.7 Å². The maximum absolute atomic E-state index is 5.65. The number of fused-ring (bicyclic) bond motifs is 2. The Labute approximate surface area is 72.3 Å². The van der Waals surface area contributed by atoms with Gasteiger partial charge in [-0.2, -0.15) is 0 Å². The Bertz CT molecular complexity index is 202. The van der Waals surface area contributed by atoms with Crippen LogP contribution in [0.3, 0.4) is 0 Å². The molecule has 2 unspecified atom stereocenters. The lowest BCUT2D eigenvalue weighted by molar-refractivity contribution is -0.169. The average molecular weight is 170 g/mol. The topological polar surface area (TPSA) is 27.7 Å². The summed E-state index contributed by atoms with van der Waals surface area (Å²) < 4.78 is 16.5. The maximum Gasteiger partial charge on any atom is 0.166 e. The Hall–Kier alpha value is -0.540. The first-order valence-corrected chi connectivity index (χ1v) is 4.30. The summed E-state index contributed by atoms with van der Waals surface area (Å²) in [6.45, 7) is 7.01. The fourth-order valence-electron chi connectivity index (χ4n) is 1.55. The minimum Gasteiger partial charge on any atom is -0.496 e. The molecule has 0 saturated carbocycles. The fraction of sp³-hybridized carbons (Fsp3) is 0.778. The normalized spacial score (nSPS) is 41.8. The highest BCUT2D eigenvalue weighted by Gasteiger charge is 2.38. The molecule has 2 saturated heterocycles.